The van der Waals surface area contributed by atoms with Crippen LogP contribution in [0, 0.1) is 0 Å². The Morgan fingerprint density at radius 3 is 3.06 bits per heavy atom. The molecule has 0 saturated carbocycles. The summed E-state index contributed by atoms with van der Waals surface area (Å²) in [5, 5.41) is 3.23. The summed E-state index contributed by atoms with van der Waals surface area (Å²) in [4.78, 5) is 11.9. The van der Waals surface area contributed by atoms with Gasteiger partial charge >= 0.3 is 5.97 Å². The molecule has 92 valence electrons. The molecule has 1 unspecified atom stereocenters. The van der Waals surface area contributed by atoms with Crippen molar-refractivity contribution in [2.24, 2.45) is 0 Å². The van der Waals surface area contributed by atoms with Crippen LogP contribution in [-0.4, -0.2) is 26.2 Å². The molecule has 1 aromatic rings. The van der Waals surface area contributed by atoms with Crippen molar-refractivity contribution in [3.63, 3.8) is 0 Å². The van der Waals surface area contributed by atoms with Crippen LogP contribution in [0.15, 0.2) is 18.2 Å². The SMILES string of the molecule is CCOC(=O)C1CNCc2ccc(OC)cc21. The molecule has 1 aliphatic heterocycles. The van der Waals surface area contributed by atoms with E-state index in [-0.39, 0.29) is 11.9 Å². The highest BCUT2D eigenvalue weighted by atomic mass is 16.5. The highest BCUT2D eigenvalue weighted by Gasteiger charge is 2.27. The van der Waals surface area contributed by atoms with Crippen LogP contribution < -0.4 is 10.1 Å². The van der Waals surface area contributed by atoms with Gasteiger partial charge in [-0.2, -0.15) is 0 Å². The summed E-state index contributed by atoms with van der Waals surface area (Å²) in [6.45, 7) is 3.64. The smallest absolute Gasteiger partial charge is 0.314 e. The van der Waals surface area contributed by atoms with Crippen molar-refractivity contribution in [2.75, 3.05) is 20.3 Å². The fourth-order valence-corrected chi connectivity index (χ4v) is 2.10. The van der Waals surface area contributed by atoms with Gasteiger partial charge in [-0.3, -0.25) is 4.79 Å². The molecular weight excluding hydrogens is 218 g/mol. The Balaban J connectivity index is 2.31. The van der Waals surface area contributed by atoms with Crippen molar-refractivity contribution >= 4 is 5.97 Å². The quantitative estimate of drug-likeness (QED) is 0.805. The lowest BCUT2D eigenvalue weighted by Crippen LogP contribution is -2.33. The summed E-state index contributed by atoms with van der Waals surface area (Å²) in [6, 6.07) is 5.83. The first-order valence-electron chi connectivity index (χ1n) is 5.80. The summed E-state index contributed by atoms with van der Waals surface area (Å²) < 4.78 is 10.3. The van der Waals surface area contributed by atoms with Crippen LogP contribution in [0.2, 0.25) is 0 Å². The molecule has 17 heavy (non-hydrogen) atoms. The van der Waals surface area contributed by atoms with Crippen LogP contribution in [0.4, 0.5) is 0 Å². The third kappa shape index (κ3) is 2.42. The summed E-state index contributed by atoms with van der Waals surface area (Å²) in [5.41, 5.74) is 2.15. The molecule has 1 aliphatic rings. The largest absolute Gasteiger partial charge is 0.497 e. The first-order chi connectivity index (χ1) is 8.26. The van der Waals surface area contributed by atoms with E-state index in [1.807, 2.05) is 25.1 Å². The van der Waals surface area contributed by atoms with E-state index in [9.17, 15) is 4.79 Å². The van der Waals surface area contributed by atoms with Gasteiger partial charge in [-0.25, -0.2) is 0 Å². The van der Waals surface area contributed by atoms with E-state index in [2.05, 4.69) is 5.32 Å². The Kier molecular flexibility index (Phi) is 3.64. The number of esters is 1. The molecule has 0 amide bonds. The molecule has 0 bridgehead atoms. The zero-order valence-corrected chi connectivity index (χ0v) is 10.2. The Hall–Kier alpha value is -1.55. The Bertz CT molecular complexity index is 417. The molecule has 1 heterocycles. The zero-order chi connectivity index (χ0) is 12.3. The molecule has 0 saturated heterocycles. The van der Waals surface area contributed by atoms with Crippen LogP contribution >= 0.6 is 0 Å². The topological polar surface area (TPSA) is 47.6 Å². The molecule has 1 N–H and O–H groups in total. The molecular formula is C13H17NO3. The summed E-state index contributed by atoms with van der Waals surface area (Å²) >= 11 is 0. The Labute approximate surface area is 101 Å². The molecule has 1 atom stereocenters. The Morgan fingerprint density at radius 2 is 2.35 bits per heavy atom. The van der Waals surface area contributed by atoms with Crippen molar-refractivity contribution in [1.82, 2.24) is 5.32 Å². The highest BCUT2D eigenvalue weighted by Crippen LogP contribution is 2.28. The van der Waals surface area contributed by atoms with Crippen molar-refractivity contribution < 1.29 is 14.3 Å². The molecule has 0 fully saturated rings. The lowest BCUT2D eigenvalue weighted by Gasteiger charge is -2.25. The second-order valence-electron chi connectivity index (χ2n) is 4.00. The van der Waals surface area contributed by atoms with Crippen molar-refractivity contribution in [3.8, 4) is 5.75 Å². The van der Waals surface area contributed by atoms with Crippen molar-refractivity contribution in [1.29, 1.82) is 0 Å². The number of hydrogen-bond donors (Lipinski definition) is 1. The van der Waals surface area contributed by atoms with E-state index in [0.29, 0.717) is 13.2 Å². The lowest BCUT2D eigenvalue weighted by molar-refractivity contribution is -0.145. The molecule has 4 nitrogen and oxygen atoms in total. The molecule has 0 aliphatic carbocycles. The van der Waals surface area contributed by atoms with Crippen molar-refractivity contribution in [2.45, 2.75) is 19.4 Å². The fraction of sp³-hybridized carbons (Fsp3) is 0.462. The van der Waals surface area contributed by atoms with E-state index in [1.165, 1.54) is 0 Å². The fourth-order valence-electron chi connectivity index (χ4n) is 2.10. The summed E-state index contributed by atoms with van der Waals surface area (Å²) in [6.07, 6.45) is 0. The monoisotopic (exact) mass is 235 g/mol. The lowest BCUT2D eigenvalue weighted by atomic mass is 9.90. The molecule has 1 aromatic carbocycles. The minimum Gasteiger partial charge on any atom is -0.497 e. The van der Waals surface area contributed by atoms with E-state index in [1.54, 1.807) is 7.11 Å². The number of fused-ring (bicyclic) bond motifs is 1. The van der Waals surface area contributed by atoms with E-state index >= 15 is 0 Å². The van der Waals surface area contributed by atoms with Crippen LogP contribution in [0.25, 0.3) is 0 Å². The van der Waals surface area contributed by atoms with Crippen LogP contribution in [0.5, 0.6) is 5.75 Å². The average Bonchev–Trinajstić information content (AvgIpc) is 2.37. The second-order valence-corrected chi connectivity index (χ2v) is 4.00. The zero-order valence-electron chi connectivity index (χ0n) is 10.2. The van der Waals surface area contributed by atoms with Gasteiger partial charge in [0, 0.05) is 13.1 Å². The number of ether oxygens (including phenoxy) is 2. The van der Waals surface area contributed by atoms with Gasteiger partial charge in [0.15, 0.2) is 0 Å². The third-order valence-corrected chi connectivity index (χ3v) is 2.96. The predicted octanol–water partition coefficient (Wildman–Crippen LogP) is 1.45. The molecule has 4 heteroatoms. The van der Waals surface area contributed by atoms with E-state index in [4.69, 9.17) is 9.47 Å². The number of nitrogens with one attached hydrogen (secondary N) is 1. The van der Waals surface area contributed by atoms with Crippen LogP contribution in [0.1, 0.15) is 24.0 Å². The van der Waals surface area contributed by atoms with Gasteiger partial charge in [0.2, 0.25) is 0 Å². The summed E-state index contributed by atoms with van der Waals surface area (Å²) in [5.74, 6) is 0.378. The van der Waals surface area contributed by atoms with E-state index in [0.717, 1.165) is 23.4 Å². The number of benzene rings is 1. The maximum Gasteiger partial charge on any atom is 0.314 e. The average molecular weight is 235 g/mol. The van der Waals surface area contributed by atoms with Gasteiger partial charge < -0.3 is 14.8 Å². The first-order valence-corrected chi connectivity index (χ1v) is 5.80. The standard InChI is InChI=1S/C13H17NO3/c1-3-17-13(15)12-8-14-7-9-4-5-10(16-2)6-11(9)12/h4-6,12,14H,3,7-8H2,1-2H3. The number of carbonyl (C=O) groups is 1. The molecule has 0 spiro atoms. The van der Waals surface area contributed by atoms with Gasteiger partial charge in [0.25, 0.3) is 0 Å². The highest BCUT2D eigenvalue weighted by molar-refractivity contribution is 5.79. The van der Waals surface area contributed by atoms with Crippen molar-refractivity contribution in [3.05, 3.63) is 29.3 Å². The second kappa shape index (κ2) is 5.19. The normalized spacial score (nSPS) is 18.4. The molecule has 0 radical (unpaired) electrons. The number of methoxy groups -OCH3 is 1. The van der Waals surface area contributed by atoms with Gasteiger partial charge in [0.05, 0.1) is 19.6 Å². The maximum atomic E-state index is 11.9. The summed E-state index contributed by atoms with van der Waals surface area (Å²) in [7, 11) is 1.63. The van der Waals surface area contributed by atoms with Gasteiger partial charge in [-0.05, 0) is 30.2 Å². The first kappa shape index (κ1) is 11.9. The van der Waals surface area contributed by atoms with E-state index < -0.39 is 0 Å². The van der Waals surface area contributed by atoms with Gasteiger partial charge in [-0.15, -0.1) is 0 Å². The van der Waals surface area contributed by atoms with Gasteiger partial charge in [-0.1, -0.05) is 6.07 Å². The number of rotatable bonds is 3. The number of hydrogen-bond acceptors (Lipinski definition) is 4. The van der Waals surface area contributed by atoms with Crippen LogP contribution in [-0.2, 0) is 16.1 Å². The minimum absolute atomic E-state index is 0.172. The number of carbonyl (C=O) groups excluding carboxylic acids is 1. The molecule has 0 aromatic heterocycles. The Morgan fingerprint density at radius 1 is 1.53 bits per heavy atom. The maximum absolute atomic E-state index is 11.9. The third-order valence-electron chi connectivity index (χ3n) is 2.96. The predicted molar refractivity (Wildman–Crippen MR) is 64.1 cm³/mol. The van der Waals surface area contributed by atoms with Gasteiger partial charge in [0.1, 0.15) is 5.75 Å². The minimum atomic E-state index is -0.228. The van der Waals surface area contributed by atoms with Crippen LogP contribution in [0.3, 0.4) is 0 Å². The molecule has 2 rings (SSSR count).